The van der Waals surface area contributed by atoms with E-state index in [4.69, 9.17) is 4.42 Å². The Morgan fingerprint density at radius 3 is 2.58 bits per heavy atom. The third kappa shape index (κ3) is 6.09. The third-order valence-electron chi connectivity index (χ3n) is 4.82. The van der Waals surface area contributed by atoms with E-state index in [1.54, 1.807) is 19.9 Å². The quantitative estimate of drug-likeness (QED) is 0.346. The molecule has 31 heavy (non-hydrogen) atoms. The summed E-state index contributed by atoms with van der Waals surface area (Å²) >= 11 is 1.19. The van der Waals surface area contributed by atoms with Gasteiger partial charge in [-0.15, -0.1) is 0 Å². The van der Waals surface area contributed by atoms with Crippen molar-refractivity contribution in [3.8, 4) is 0 Å². The smallest absolute Gasteiger partial charge is 0.257 e. The predicted octanol–water partition coefficient (Wildman–Crippen LogP) is 3.70. The number of aryl methyl sites for hydroxylation is 1. The zero-order chi connectivity index (χ0) is 22.3. The molecule has 0 aliphatic heterocycles. The van der Waals surface area contributed by atoms with Crippen LogP contribution in [0, 0.1) is 0 Å². The van der Waals surface area contributed by atoms with Gasteiger partial charge >= 0.3 is 0 Å². The highest BCUT2D eigenvalue weighted by molar-refractivity contribution is 7.99. The first kappa shape index (κ1) is 23.3. The Kier molecular flexibility index (Phi) is 8.11. The second-order valence-electron chi connectivity index (χ2n) is 6.93. The fourth-order valence-corrected chi connectivity index (χ4v) is 5.31. The number of nitrogens with one attached hydrogen (secondary N) is 1. The molecule has 1 aromatic heterocycles. The minimum absolute atomic E-state index is 0.0925. The SMILES string of the molecule is CCN(CC)S(=O)(=O)c1ccc2oc(SCC(=O)NCCCc3ccccc3)nc2c1. The van der Waals surface area contributed by atoms with Gasteiger partial charge in [0.2, 0.25) is 15.9 Å². The average Bonchev–Trinajstić information content (AvgIpc) is 3.19. The molecule has 0 bridgehead atoms. The summed E-state index contributed by atoms with van der Waals surface area (Å²) in [4.78, 5) is 16.6. The predicted molar refractivity (Wildman–Crippen MR) is 123 cm³/mol. The first-order valence-corrected chi connectivity index (χ1v) is 12.7. The number of oxazole rings is 1. The molecule has 1 N–H and O–H groups in total. The van der Waals surface area contributed by atoms with Gasteiger partial charge in [0.05, 0.1) is 10.6 Å². The molecule has 166 valence electrons. The zero-order valence-electron chi connectivity index (χ0n) is 17.7. The number of carbonyl (C=O) groups excluding carboxylic acids is 1. The van der Waals surface area contributed by atoms with E-state index in [9.17, 15) is 13.2 Å². The van der Waals surface area contributed by atoms with Crippen molar-refractivity contribution in [2.24, 2.45) is 0 Å². The summed E-state index contributed by atoms with van der Waals surface area (Å²) < 4.78 is 32.4. The number of amides is 1. The van der Waals surface area contributed by atoms with Crippen molar-refractivity contribution < 1.29 is 17.6 Å². The molecule has 1 heterocycles. The molecule has 0 aliphatic carbocycles. The molecule has 0 atom stereocenters. The molecule has 0 fully saturated rings. The minimum Gasteiger partial charge on any atom is -0.431 e. The Balaban J connectivity index is 1.53. The van der Waals surface area contributed by atoms with Crippen LogP contribution in [0.25, 0.3) is 11.1 Å². The van der Waals surface area contributed by atoms with Crippen molar-refractivity contribution in [1.82, 2.24) is 14.6 Å². The number of aromatic nitrogens is 1. The highest BCUT2D eigenvalue weighted by Crippen LogP contribution is 2.26. The Labute approximate surface area is 187 Å². The molecule has 0 spiro atoms. The Bertz CT molecular complexity index is 1110. The number of nitrogens with zero attached hydrogens (tertiary/aromatic N) is 2. The number of thioether (sulfide) groups is 1. The number of carbonyl (C=O) groups is 1. The fraction of sp³-hybridized carbons (Fsp3) is 0.364. The summed E-state index contributed by atoms with van der Waals surface area (Å²) in [5.74, 6) is 0.0908. The molecule has 0 unspecified atom stereocenters. The topological polar surface area (TPSA) is 92.5 Å². The van der Waals surface area contributed by atoms with Crippen molar-refractivity contribution in [2.45, 2.75) is 36.8 Å². The molecule has 0 aliphatic rings. The van der Waals surface area contributed by atoms with Crippen molar-refractivity contribution in [2.75, 3.05) is 25.4 Å². The van der Waals surface area contributed by atoms with Gasteiger partial charge in [0.25, 0.3) is 5.22 Å². The summed E-state index contributed by atoms with van der Waals surface area (Å²) in [6.45, 7) is 5.01. The maximum absolute atomic E-state index is 12.7. The average molecular weight is 462 g/mol. The van der Waals surface area contributed by atoms with Crippen LogP contribution in [0.1, 0.15) is 25.8 Å². The molecule has 3 aromatic rings. The molecule has 2 aromatic carbocycles. The number of hydrogen-bond acceptors (Lipinski definition) is 6. The Morgan fingerprint density at radius 1 is 1.13 bits per heavy atom. The van der Waals surface area contributed by atoms with Crippen LogP contribution in [0.4, 0.5) is 0 Å². The van der Waals surface area contributed by atoms with Crippen LogP contribution in [-0.2, 0) is 21.2 Å². The molecular formula is C22H27N3O4S2. The number of rotatable bonds is 11. The lowest BCUT2D eigenvalue weighted by Crippen LogP contribution is -2.30. The molecule has 1 amide bonds. The van der Waals surface area contributed by atoms with Crippen LogP contribution < -0.4 is 5.32 Å². The monoisotopic (exact) mass is 461 g/mol. The van der Waals surface area contributed by atoms with E-state index >= 15 is 0 Å². The van der Waals surface area contributed by atoms with Gasteiger partial charge in [0, 0.05) is 19.6 Å². The molecular weight excluding hydrogens is 434 g/mol. The Hall–Kier alpha value is -2.36. The maximum atomic E-state index is 12.7. The largest absolute Gasteiger partial charge is 0.431 e. The van der Waals surface area contributed by atoms with E-state index in [2.05, 4.69) is 22.4 Å². The number of fused-ring (bicyclic) bond motifs is 1. The van der Waals surface area contributed by atoms with Gasteiger partial charge in [0.15, 0.2) is 5.58 Å². The van der Waals surface area contributed by atoms with Gasteiger partial charge in [-0.2, -0.15) is 4.31 Å². The normalized spacial score (nSPS) is 11.8. The lowest BCUT2D eigenvalue weighted by Gasteiger charge is -2.18. The molecule has 0 radical (unpaired) electrons. The van der Waals surface area contributed by atoms with Crippen LogP contribution in [0.15, 0.2) is 63.1 Å². The van der Waals surface area contributed by atoms with Crippen molar-refractivity contribution >= 4 is 38.8 Å². The molecule has 3 rings (SSSR count). The van der Waals surface area contributed by atoms with Gasteiger partial charge in [-0.25, -0.2) is 13.4 Å². The molecule has 7 nitrogen and oxygen atoms in total. The summed E-state index contributed by atoms with van der Waals surface area (Å²) in [5, 5.41) is 3.24. The zero-order valence-corrected chi connectivity index (χ0v) is 19.3. The van der Waals surface area contributed by atoms with Crippen LogP contribution >= 0.6 is 11.8 Å². The molecule has 0 saturated heterocycles. The summed E-state index contributed by atoms with van der Waals surface area (Å²) in [5.41, 5.74) is 2.20. The number of benzene rings is 2. The van der Waals surface area contributed by atoms with E-state index < -0.39 is 10.0 Å². The number of sulfonamides is 1. The maximum Gasteiger partial charge on any atom is 0.257 e. The fourth-order valence-electron chi connectivity index (χ4n) is 3.16. The lowest BCUT2D eigenvalue weighted by atomic mass is 10.1. The summed E-state index contributed by atoms with van der Waals surface area (Å²) in [6.07, 6.45) is 1.78. The lowest BCUT2D eigenvalue weighted by molar-refractivity contribution is -0.118. The standard InChI is InChI=1S/C22H27N3O4S2/c1-3-25(4-2)31(27,28)18-12-13-20-19(15-18)24-22(29-20)30-16-21(26)23-14-8-11-17-9-6-5-7-10-17/h5-7,9-10,12-13,15H,3-4,8,11,14,16H2,1-2H3,(H,23,26). The van der Waals surface area contributed by atoms with Crippen LogP contribution in [0.3, 0.4) is 0 Å². The second-order valence-corrected chi connectivity index (χ2v) is 9.79. The summed E-state index contributed by atoms with van der Waals surface area (Å²) in [7, 11) is -3.56. The van der Waals surface area contributed by atoms with Gasteiger partial charge in [-0.05, 0) is 36.6 Å². The first-order valence-electron chi connectivity index (χ1n) is 10.3. The molecule has 9 heteroatoms. The van der Waals surface area contributed by atoms with E-state index in [0.717, 1.165) is 12.8 Å². The van der Waals surface area contributed by atoms with E-state index in [1.807, 2.05) is 18.2 Å². The van der Waals surface area contributed by atoms with Gasteiger partial charge in [-0.3, -0.25) is 4.79 Å². The second kappa shape index (κ2) is 10.8. The van der Waals surface area contributed by atoms with Gasteiger partial charge in [0.1, 0.15) is 5.52 Å². The summed E-state index contributed by atoms with van der Waals surface area (Å²) in [6, 6.07) is 14.8. The first-order chi connectivity index (χ1) is 14.9. The third-order valence-corrected chi connectivity index (χ3v) is 7.69. The van der Waals surface area contributed by atoms with E-state index in [0.29, 0.717) is 36.0 Å². The highest BCUT2D eigenvalue weighted by atomic mass is 32.2. The van der Waals surface area contributed by atoms with Crippen molar-refractivity contribution in [1.29, 1.82) is 0 Å². The van der Waals surface area contributed by atoms with Crippen LogP contribution in [-0.4, -0.2) is 49.0 Å². The van der Waals surface area contributed by atoms with E-state index in [1.165, 1.54) is 33.8 Å². The van der Waals surface area contributed by atoms with Crippen LogP contribution in [0.2, 0.25) is 0 Å². The Morgan fingerprint density at radius 2 is 1.87 bits per heavy atom. The van der Waals surface area contributed by atoms with Crippen LogP contribution in [0.5, 0.6) is 0 Å². The van der Waals surface area contributed by atoms with Crippen molar-refractivity contribution in [3.63, 3.8) is 0 Å². The van der Waals surface area contributed by atoms with Gasteiger partial charge < -0.3 is 9.73 Å². The van der Waals surface area contributed by atoms with E-state index in [-0.39, 0.29) is 16.6 Å². The van der Waals surface area contributed by atoms with Gasteiger partial charge in [-0.1, -0.05) is 55.9 Å². The van der Waals surface area contributed by atoms with Crippen molar-refractivity contribution in [3.05, 3.63) is 54.1 Å². The highest BCUT2D eigenvalue weighted by Gasteiger charge is 2.22. The number of hydrogen-bond donors (Lipinski definition) is 1. The molecule has 0 saturated carbocycles. The minimum atomic E-state index is -3.56.